The summed E-state index contributed by atoms with van der Waals surface area (Å²) < 4.78 is 5.15. The number of hydrogen-bond donors (Lipinski definition) is 0. The third kappa shape index (κ3) is 4.67. The number of amides is 3. The van der Waals surface area contributed by atoms with Crippen LogP contribution in [0, 0.1) is 17.8 Å². The molecule has 1 heterocycles. The van der Waals surface area contributed by atoms with Crippen molar-refractivity contribution in [3.05, 3.63) is 63.6 Å². The predicted molar refractivity (Wildman–Crippen MR) is 131 cm³/mol. The summed E-state index contributed by atoms with van der Waals surface area (Å²) in [6, 6.07) is 9.56. The quantitative estimate of drug-likeness (QED) is 0.396. The molecule has 1 aliphatic carbocycles. The summed E-state index contributed by atoms with van der Waals surface area (Å²) in [5, 5.41) is 2.23. The summed E-state index contributed by atoms with van der Waals surface area (Å²) in [7, 11) is 1.51. The second kappa shape index (κ2) is 9.99. The van der Waals surface area contributed by atoms with Crippen LogP contribution in [0.3, 0.4) is 0 Å². The van der Waals surface area contributed by atoms with E-state index < -0.39 is 41.4 Å². The fourth-order valence-electron chi connectivity index (χ4n) is 4.92. The van der Waals surface area contributed by atoms with Gasteiger partial charge in [-0.3, -0.25) is 19.2 Å². The third-order valence-corrected chi connectivity index (χ3v) is 7.42. The highest BCUT2D eigenvalue weighted by Crippen LogP contribution is 2.42. The fourth-order valence-corrected chi connectivity index (χ4v) is 5.41. The lowest BCUT2D eigenvalue weighted by Crippen LogP contribution is -2.56. The van der Waals surface area contributed by atoms with Crippen molar-refractivity contribution in [2.75, 3.05) is 7.11 Å². The van der Waals surface area contributed by atoms with Gasteiger partial charge in [-0.05, 0) is 74.6 Å². The number of Topliss-reactive ketones (excluding diaryl/α,β-unsaturated/α-hetero) is 1. The normalized spacial score (nSPS) is 22.5. The standard InChI is InChI=1S/C26H26Cl2N2O5/c1-14-4-10-19-21(12-14)26(34)30(24(19)32)29(25(33)20-11-7-17(27)13-22(20)28)15(2)23(31)16-5-8-18(35-3)9-6-16/h5-9,11,13-15,19,21H,4,10,12H2,1-3H3/t14-,15+,19-,21+/m1/s1. The van der Waals surface area contributed by atoms with Crippen molar-refractivity contribution in [3.63, 3.8) is 0 Å². The van der Waals surface area contributed by atoms with Crippen LogP contribution in [-0.2, 0) is 9.59 Å². The molecule has 1 saturated heterocycles. The van der Waals surface area contributed by atoms with Gasteiger partial charge in [-0.15, -0.1) is 0 Å². The SMILES string of the molecule is COc1ccc(C(=O)[C@H](C)N(C(=O)c2ccc(Cl)cc2Cl)N2C(=O)[C@H]3C[C@H](C)CC[C@H]3C2=O)cc1. The van der Waals surface area contributed by atoms with E-state index in [-0.39, 0.29) is 10.6 Å². The third-order valence-electron chi connectivity index (χ3n) is 6.87. The van der Waals surface area contributed by atoms with E-state index in [1.807, 2.05) is 6.92 Å². The van der Waals surface area contributed by atoms with Gasteiger partial charge in [-0.25, -0.2) is 5.01 Å². The number of fused-ring (bicyclic) bond motifs is 1. The summed E-state index contributed by atoms with van der Waals surface area (Å²) in [5.41, 5.74) is 0.345. The van der Waals surface area contributed by atoms with Crippen molar-refractivity contribution in [3.8, 4) is 5.75 Å². The van der Waals surface area contributed by atoms with E-state index in [0.717, 1.165) is 16.4 Å². The molecule has 0 bridgehead atoms. The van der Waals surface area contributed by atoms with Gasteiger partial charge in [0, 0.05) is 10.6 Å². The zero-order valence-electron chi connectivity index (χ0n) is 19.7. The lowest BCUT2D eigenvalue weighted by molar-refractivity contribution is -0.156. The summed E-state index contributed by atoms with van der Waals surface area (Å²) >= 11 is 12.3. The van der Waals surface area contributed by atoms with Crippen LogP contribution in [0.15, 0.2) is 42.5 Å². The number of hydrazine groups is 1. The number of carbonyl (C=O) groups excluding carboxylic acids is 4. The second-order valence-electron chi connectivity index (χ2n) is 9.16. The van der Waals surface area contributed by atoms with Crippen LogP contribution in [0.1, 0.15) is 53.8 Å². The molecule has 0 N–H and O–H groups in total. The van der Waals surface area contributed by atoms with Crippen LogP contribution in [0.25, 0.3) is 0 Å². The minimum Gasteiger partial charge on any atom is -0.497 e. The first-order valence-corrected chi connectivity index (χ1v) is 12.2. The van der Waals surface area contributed by atoms with Crippen LogP contribution >= 0.6 is 23.2 Å². The predicted octanol–water partition coefficient (Wildman–Crippen LogP) is 5.05. The van der Waals surface area contributed by atoms with Crippen molar-refractivity contribution < 1.29 is 23.9 Å². The molecule has 0 unspecified atom stereocenters. The molecule has 1 saturated carbocycles. The Morgan fingerprint density at radius 3 is 2.31 bits per heavy atom. The molecular formula is C26H26Cl2N2O5. The largest absolute Gasteiger partial charge is 0.497 e. The maximum Gasteiger partial charge on any atom is 0.275 e. The number of carbonyl (C=O) groups is 4. The number of halogens is 2. The van der Waals surface area contributed by atoms with Gasteiger partial charge in [0.15, 0.2) is 5.78 Å². The molecule has 0 radical (unpaired) electrons. The summed E-state index contributed by atoms with van der Waals surface area (Å²) in [4.78, 5) is 54.2. The van der Waals surface area contributed by atoms with Gasteiger partial charge in [0.05, 0.1) is 29.5 Å². The van der Waals surface area contributed by atoms with Crippen molar-refractivity contribution in [2.45, 2.75) is 39.2 Å². The van der Waals surface area contributed by atoms with Crippen LogP contribution in [0.2, 0.25) is 10.0 Å². The molecule has 2 aliphatic rings. The molecule has 2 aromatic carbocycles. The first-order valence-electron chi connectivity index (χ1n) is 11.5. The number of ether oxygens (including phenoxy) is 1. The topological polar surface area (TPSA) is 84.0 Å². The molecule has 2 fully saturated rings. The van der Waals surface area contributed by atoms with E-state index in [4.69, 9.17) is 27.9 Å². The Bertz CT molecular complexity index is 1180. The van der Waals surface area contributed by atoms with Gasteiger partial charge in [0.2, 0.25) is 0 Å². The number of nitrogens with zero attached hydrogens (tertiary/aromatic N) is 2. The molecule has 7 nitrogen and oxygen atoms in total. The molecule has 4 atom stereocenters. The van der Waals surface area contributed by atoms with Crippen molar-refractivity contribution in [1.29, 1.82) is 0 Å². The average Bonchev–Trinajstić information content (AvgIpc) is 3.08. The molecule has 184 valence electrons. The Labute approximate surface area is 213 Å². The van der Waals surface area contributed by atoms with Gasteiger partial charge < -0.3 is 4.74 Å². The number of rotatable bonds is 6. The van der Waals surface area contributed by atoms with Crippen LogP contribution in [0.4, 0.5) is 0 Å². The van der Waals surface area contributed by atoms with Crippen molar-refractivity contribution in [2.24, 2.45) is 17.8 Å². The lowest BCUT2D eigenvalue weighted by Gasteiger charge is -2.35. The van der Waals surface area contributed by atoms with Gasteiger partial charge in [-0.1, -0.05) is 30.1 Å². The zero-order chi connectivity index (χ0) is 25.4. The molecule has 1 aliphatic heterocycles. The summed E-state index contributed by atoms with van der Waals surface area (Å²) in [6.45, 7) is 3.54. The Morgan fingerprint density at radius 1 is 1.03 bits per heavy atom. The highest BCUT2D eigenvalue weighted by atomic mass is 35.5. The van der Waals surface area contributed by atoms with E-state index in [1.165, 1.54) is 32.2 Å². The average molecular weight is 517 g/mol. The lowest BCUT2D eigenvalue weighted by atomic mass is 9.76. The first-order chi connectivity index (χ1) is 16.6. The van der Waals surface area contributed by atoms with E-state index in [1.54, 1.807) is 24.3 Å². The molecule has 9 heteroatoms. The van der Waals surface area contributed by atoms with Crippen LogP contribution in [0.5, 0.6) is 5.75 Å². The highest BCUT2D eigenvalue weighted by Gasteiger charge is 2.54. The maximum atomic E-state index is 13.8. The summed E-state index contributed by atoms with van der Waals surface area (Å²) in [5.74, 6) is -2.23. The van der Waals surface area contributed by atoms with Crippen molar-refractivity contribution >= 4 is 46.7 Å². The summed E-state index contributed by atoms with van der Waals surface area (Å²) in [6.07, 6.45) is 1.96. The van der Waals surface area contributed by atoms with Gasteiger partial charge in [0.1, 0.15) is 11.8 Å². The molecule has 4 rings (SSSR count). The molecule has 2 aromatic rings. The fraction of sp³-hybridized carbons (Fsp3) is 0.385. The Kier molecular flexibility index (Phi) is 7.20. The van der Waals surface area contributed by atoms with Gasteiger partial charge >= 0.3 is 0 Å². The Morgan fingerprint density at radius 2 is 1.69 bits per heavy atom. The van der Waals surface area contributed by atoms with E-state index in [9.17, 15) is 19.2 Å². The highest BCUT2D eigenvalue weighted by molar-refractivity contribution is 6.36. The first kappa shape index (κ1) is 25.2. The van der Waals surface area contributed by atoms with E-state index >= 15 is 0 Å². The monoisotopic (exact) mass is 516 g/mol. The zero-order valence-corrected chi connectivity index (χ0v) is 21.2. The number of hydrogen-bond acceptors (Lipinski definition) is 5. The number of methoxy groups -OCH3 is 1. The van der Waals surface area contributed by atoms with Crippen LogP contribution in [-0.4, -0.2) is 46.7 Å². The van der Waals surface area contributed by atoms with Gasteiger partial charge in [0.25, 0.3) is 17.7 Å². The minimum absolute atomic E-state index is 0.0364. The van der Waals surface area contributed by atoms with Crippen molar-refractivity contribution in [1.82, 2.24) is 10.0 Å². The minimum atomic E-state index is -1.16. The molecular weight excluding hydrogens is 491 g/mol. The number of imide groups is 1. The number of ketones is 1. The Hall–Kier alpha value is -2.90. The number of benzene rings is 2. The molecule has 0 aromatic heterocycles. The maximum absolute atomic E-state index is 13.8. The second-order valence-corrected chi connectivity index (χ2v) is 10.0. The van der Waals surface area contributed by atoms with Crippen LogP contribution < -0.4 is 4.74 Å². The molecule has 3 amide bonds. The Balaban J connectivity index is 1.76. The molecule has 0 spiro atoms. The molecule has 35 heavy (non-hydrogen) atoms. The van der Waals surface area contributed by atoms with Gasteiger partial charge in [-0.2, -0.15) is 5.01 Å². The smallest absolute Gasteiger partial charge is 0.275 e. The van der Waals surface area contributed by atoms with E-state index in [2.05, 4.69) is 0 Å². The van der Waals surface area contributed by atoms with E-state index in [0.29, 0.717) is 35.1 Å².